The standard InChI is InChI=1S/C13H16ClF2N/c1-13(2)11(14)6-12(13)17-7-8-3-4-9(15)10(16)5-8/h3-5,11-12,17H,6-7H2,1-2H3. The van der Waals surface area contributed by atoms with Crippen molar-refractivity contribution in [2.45, 2.75) is 38.2 Å². The first-order chi connectivity index (χ1) is 7.91. The lowest BCUT2D eigenvalue weighted by Crippen LogP contribution is -2.57. The Morgan fingerprint density at radius 3 is 2.59 bits per heavy atom. The summed E-state index contributed by atoms with van der Waals surface area (Å²) in [5.74, 6) is -1.61. The second-order valence-corrected chi connectivity index (χ2v) is 5.73. The summed E-state index contributed by atoms with van der Waals surface area (Å²) in [7, 11) is 0. The smallest absolute Gasteiger partial charge is 0.159 e. The average molecular weight is 260 g/mol. The van der Waals surface area contributed by atoms with Gasteiger partial charge in [-0.25, -0.2) is 8.78 Å². The molecule has 1 aliphatic rings. The van der Waals surface area contributed by atoms with Crippen LogP contribution < -0.4 is 5.32 Å². The molecule has 1 fully saturated rings. The Labute approximate surface area is 105 Å². The zero-order chi connectivity index (χ0) is 12.6. The Morgan fingerprint density at radius 1 is 1.35 bits per heavy atom. The molecule has 2 atom stereocenters. The van der Waals surface area contributed by atoms with Crippen LogP contribution >= 0.6 is 11.6 Å². The second-order valence-electron chi connectivity index (χ2n) is 5.21. The first-order valence-corrected chi connectivity index (χ1v) is 6.16. The van der Waals surface area contributed by atoms with Crippen LogP contribution in [0.15, 0.2) is 18.2 Å². The van der Waals surface area contributed by atoms with Gasteiger partial charge in [0.05, 0.1) is 0 Å². The molecule has 1 aliphatic carbocycles. The van der Waals surface area contributed by atoms with Crippen LogP contribution in [0.2, 0.25) is 0 Å². The van der Waals surface area contributed by atoms with Crippen LogP contribution in [0, 0.1) is 17.0 Å². The molecule has 4 heteroatoms. The van der Waals surface area contributed by atoms with Gasteiger partial charge in [0.15, 0.2) is 11.6 Å². The Bertz CT molecular complexity index is 420. The minimum Gasteiger partial charge on any atom is -0.309 e. The van der Waals surface area contributed by atoms with Crippen molar-refractivity contribution < 1.29 is 8.78 Å². The van der Waals surface area contributed by atoms with E-state index in [9.17, 15) is 8.78 Å². The summed E-state index contributed by atoms with van der Waals surface area (Å²) < 4.78 is 25.7. The highest BCUT2D eigenvalue weighted by Gasteiger charge is 2.46. The van der Waals surface area contributed by atoms with E-state index in [1.54, 1.807) is 6.07 Å². The van der Waals surface area contributed by atoms with E-state index in [0.717, 1.165) is 18.1 Å². The predicted molar refractivity (Wildman–Crippen MR) is 65.0 cm³/mol. The normalized spacial score (nSPS) is 26.6. The summed E-state index contributed by atoms with van der Waals surface area (Å²) in [6.07, 6.45) is 0.915. The minimum atomic E-state index is -0.807. The molecule has 0 aromatic heterocycles. The molecule has 1 saturated carbocycles. The van der Waals surface area contributed by atoms with Crippen molar-refractivity contribution in [3.63, 3.8) is 0 Å². The molecule has 17 heavy (non-hydrogen) atoms. The van der Waals surface area contributed by atoms with Crippen molar-refractivity contribution in [3.8, 4) is 0 Å². The number of rotatable bonds is 3. The maximum absolute atomic E-state index is 13.0. The Morgan fingerprint density at radius 2 is 2.06 bits per heavy atom. The predicted octanol–water partition coefficient (Wildman–Crippen LogP) is 3.46. The first-order valence-electron chi connectivity index (χ1n) is 5.72. The van der Waals surface area contributed by atoms with Gasteiger partial charge in [-0.2, -0.15) is 0 Å². The maximum Gasteiger partial charge on any atom is 0.159 e. The van der Waals surface area contributed by atoms with E-state index in [1.807, 2.05) is 0 Å². The largest absolute Gasteiger partial charge is 0.309 e. The fourth-order valence-electron chi connectivity index (χ4n) is 2.11. The van der Waals surface area contributed by atoms with Crippen LogP contribution in [0.5, 0.6) is 0 Å². The van der Waals surface area contributed by atoms with Gasteiger partial charge in [0.2, 0.25) is 0 Å². The van der Waals surface area contributed by atoms with Crippen LogP contribution in [-0.2, 0) is 6.54 Å². The number of nitrogens with one attached hydrogen (secondary N) is 1. The topological polar surface area (TPSA) is 12.0 Å². The zero-order valence-electron chi connectivity index (χ0n) is 9.93. The molecular formula is C13H16ClF2N. The Kier molecular flexibility index (Phi) is 3.41. The molecule has 1 nitrogen and oxygen atoms in total. The quantitative estimate of drug-likeness (QED) is 0.820. The van der Waals surface area contributed by atoms with Crippen LogP contribution in [-0.4, -0.2) is 11.4 Å². The van der Waals surface area contributed by atoms with Gasteiger partial charge in [-0.3, -0.25) is 0 Å². The number of halogens is 3. The first kappa shape index (κ1) is 12.8. The molecule has 2 unspecified atom stereocenters. The number of alkyl halides is 1. The Balaban J connectivity index is 1.93. The van der Waals surface area contributed by atoms with Gasteiger partial charge in [-0.05, 0) is 29.5 Å². The van der Waals surface area contributed by atoms with Gasteiger partial charge in [-0.1, -0.05) is 19.9 Å². The number of benzene rings is 1. The lowest BCUT2D eigenvalue weighted by molar-refractivity contribution is 0.115. The average Bonchev–Trinajstić information content (AvgIpc) is 2.28. The van der Waals surface area contributed by atoms with Crippen LogP contribution in [0.3, 0.4) is 0 Å². The molecular weight excluding hydrogens is 244 g/mol. The summed E-state index contributed by atoms with van der Waals surface area (Å²) in [6, 6.07) is 4.31. The minimum absolute atomic E-state index is 0.0557. The summed E-state index contributed by atoms with van der Waals surface area (Å²) in [5.41, 5.74) is 0.804. The molecule has 0 aliphatic heterocycles. The van der Waals surface area contributed by atoms with Gasteiger partial charge >= 0.3 is 0 Å². The summed E-state index contributed by atoms with van der Waals surface area (Å²) in [5, 5.41) is 3.51. The second kappa shape index (κ2) is 4.54. The fraction of sp³-hybridized carbons (Fsp3) is 0.538. The third-order valence-corrected chi connectivity index (χ3v) is 4.43. The molecule has 0 bridgehead atoms. The van der Waals surface area contributed by atoms with Gasteiger partial charge < -0.3 is 5.32 Å². The molecule has 1 aromatic rings. The molecule has 0 radical (unpaired) electrons. The van der Waals surface area contributed by atoms with E-state index in [2.05, 4.69) is 19.2 Å². The van der Waals surface area contributed by atoms with Gasteiger partial charge in [0, 0.05) is 18.0 Å². The van der Waals surface area contributed by atoms with Gasteiger partial charge in [0.25, 0.3) is 0 Å². The fourth-order valence-corrected chi connectivity index (χ4v) is 2.44. The van der Waals surface area contributed by atoms with Crippen molar-refractivity contribution in [2.75, 3.05) is 0 Å². The molecule has 0 heterocycles. The van der Waals surface area contributed by atoms with Crippen molar-refractivity contribution >= 4 is 11.6 Å². The third-order valence-electron chi connectivity index (χ3n) is 3.68. The van der Waals surface area contributed by atoms with E-state index in [0.29, 0.717) is 12.6 Å². The highest BCUT2D eigenvalue weighted by molar-refractivity contribution is 6.21. The molecule has 1 aromatic carbocycles. The summed E-state index contributed by atoms with van der Waals surface area (Å²) in [4.78, 5) is 0. The molecule has 2 rings (SSSR count). The highest BCUT2D eigenvalue weighted by atomic mass is 35.5. The monoisotopic (exact) mass is 259 g/mol. The molecule has 1 N–H and O–H groups in total. The lowest BCUT2D eigenvalue weighted by Gasteiger charge is -2.49. The lowest BCUT2D eigenvalue weighted by atomic mass is 9.67. The van der Waals surface area contributed by atoms with Gasteiger partial charge in [-0.15, -0.1) is 11.6 Å². The van der Waals surface area contributed by atoms with Crippen LogP contribution in [0.1, 0.15) is 25.8 Å². The summed E-state index contributed by atoms with van der Waals surface area (Å²) in [6.45, 7) is 4.75. The Hall–Kier alpha value is -0.670. The van der Waals surface area contributed by atoms with E-state index < -0.39 is 11.6 Å². The van der Waals surface area contributed by atoms with Crippen molar-refractivity contribution in [1.29, 1.82) is 0 Å². The van der Waals surface area contributed by atoms with Gasteiger partial charge in [0.1, 0.15) is 0 Å². The molecule has 0 spiro atoms. The van der Waals surface area contributed by atoms with Crippen molar-refractivity contribution in [2.24, 2.45) is 5.41 Å². The van der Waals surface area contributed by atoms with Crippen LogP contribution in [0.4, 0.5) is 8.78 Å². The summed E-state index contributed by atoms with van der Waals surface area (Å²) >= 11 is 6.11. The SMILES string of the molecule is CC1(C)C(Cl)CC1NCc1ccc(F)c(F)c1. The third kappa shape index (κ3) is 2.45. The van der Waals surface area contributed by atoms with E-state index >= 15 is 0 Å². The molecule has 0 amide bonds. The molecule has 94 valence electrons. The molecule has 0 saturated heterocycles. The number of hydrogen-bond acceptors (Lipinski definition) is 1. The van der Waals surface area contributed by atoms with E-state index in [-0.39, 0.29) is 10.8 Å². The van der Waals surface area contributed by atoms with Crippen LogP contribution in [0.25, 0.3) is 0 Å². The maximum atomic E-state index is 13.0. The van der Waals surface area contributed by atoms with E-state index in [4.69, 9.17) is 11.6 Å². The van der Waals surface area contributed by atoms with Crippen molar-refractivity contribution in [3.05, 3.63) is 35.4 Å². The zero-order valence-corrected chi connectivity index (χ0v) is 10.7. The van der Waals surface area contributed by atoms with Crippen molar-refractivity contribution in [1.82, 2.24) is 5.32 Å². The highest BCUT2D eigenvalue weighted by Crippen LogP contribution is 2.44. The van der Waals surface area contributed by atoms with E-state index in [1.165, 1.54) is 6.07 Å². The number of hydrogen-bond donors (Lipinski definition) is 1.